The van der Waals surface area contributed by atoms with Crippen LogP contribution in [0.15, 0.2) is 41.0 Å². The first-order chi connectivity index (χ1) is 9.41. The lowest BCUT2D eigenvalue weighted by molar-refractivity contribution is 0.0991. The average molecular weight is 270 g/mol. The molecule has 0 unspecified atom stereocenters. The predicted octanol–water partition coefficient (Wildman–Crippen LogP) is 4.56. The molecule has 0 aliphatic rings. The average Bonchev–Trinajstić information content (AvgIpc) is 2.86. The summed E-state index contributed by atoms with van der Waals surface area (Å²) < 4.78 is 5.32. The van der Waals surface area contributed by atoms with Crippen LogP contribution in [0.25, 0.3) is 0 Å². The lowest BCUT2D eigenvalue weighted by Gasteiger charge is -2.19. The second-order valence-corrected chi connectivity index (χ2v) is 6.16. The fourth-order valence-corrected chi connectivity index (χ4v) is 2.27. The van der Waals surface area contributed by atoms with Gasteiger partial charge in [-0.25, -0.2) is 0 Å². The molecule has 0 atom stereocenters. The van der Waals surface area contributed by atoms with Gasteiger partial charge in [0.25, 0.3) is 0 Å². The van der Waals surface area contributed by atoms with Gasteiger partial charge in [-0.2, -0.15) is 0 Å². The first kappa shape index (κ1) is 14.6. The zero-order valence-electron chi connectivity index (χ0n) is 12.7. The predicted molar refractivity (Wildman–Crippen MR) is 81.3 cm³/mol. The zero-order valence-corrected chi connectivity index (χ0v) is 12.7. The van der Waals surface area contributed by atoms with Crippen LogP contribution in [-0.4, -0.2) is 5.78 Å². The normalized spacial score (nSPS) is 11.6. The van der Waals surface area contributed by atoms with Gasteiger partial charge in [0.15, 0.2) is 5.78 Å². The highest BCUT2D eigenvalue weighted by Crippen LogP contribution is 2.23. The minimum absolute atomic E-state index is 0.124. The van der Waals surface area contributed by atoms with Crippen LogP contribution in [0.1, 0.15) is 54.9 Å². The van der Waals surface area contributed by atoms with E-state index in [2.05, 4.69) is 32.9 Å². The third kappa shape index (κ3) is 3.19. The van der Waals surface area contributed by atoms with Crippen molar-refractivity contribution in [2.24, 2.45) is 0 Å². The third-order valence-corrected chi connectivity index (χ3v) is 3.55. The van der Waals surface area contributed by atoms with Crippen LogP contribution in [0.5, 0.6) is 0 Å². The summed E-state index contributed by atoms with van der Waals surface area (Å²) in [5, 5.41) is 0. The SMILES string of the molecule is CCc1occc1C(=O)Cc1ccc(C(C)(C)C)cc1. The largest absolute Gasteiger partial charge is 0.469 e. The van der Waals surface area contributed by atoms with E-state index in [0.29, 0.717) is 12.0 Å². The van der Waals surface area contributed by atoms with Crippen LogP contribution >= 0.6 is 0 Å². The Balaban J connectivity index is 2.13. The van der Waals surface area contributed by atoms with Crippen LogP contribution in [0.3, 0.4) is 0 Å². The van der Waals surface area contributed by atoms with E-state index in [9.17, 15) is 4.79 Å². The minimum Gasteiger partial charge on any atom is -0.469 e. The number of furan rings is 1. The van der Waals surface area contributed by atoms with Crippen molar-refractivity contribution in [3.8, 4) is 0 Å². The van der Waals surface area contributed by atoms with Crippen molar-refractivity contribution in [1.82, 2.24) is 0 Å². The van der Waals surface area contributed by atoms with Gasteiger partial charge < -0.3 is 4.42 Å². The summed E-state index contributed by atoms with van der Waals surface area (Å²) in [5.74, 6) is 0.903. The first-order valence-corrected chi connectivity index (χ1v) is 7.11. The van der Waals surface area contributed by atoms with E-state index < -0.39 is 0 Å². The molecule has 2 aromatic rings. The van der Waals surface area contributed by atoms with E-state index in [0.717, 1.165) is 17.7 Å². The van der Waals surface area contributed by atoms with E-state index in [1.165, 1.54) is 5.56 Å². The lowest BCUT2D eigenvalue weighted by Crippen LogP contribution is -2.11. The van der Waals surface area contributed by atoms with Crippen LogP contribution in [0.2, 0.25) is 0 Å². The summed E-state index contributed by atoms with van der Waals surface area (Å²) in [4.78, 5) is 12.3. The van der Waals surface area contributed by atoms with Crippen LogP contribution in [-0.2, 0) is 18.3 Å². The fourth-order valence-electron chi connectivity index (χ4n) is 2.27. The molecule has 1 aromatic heterocycles. The van der Waals surface area contributed by atoms with Crippen molar-refractivity contribution in [1.29, 1.82) is 0 Å². The van der Waals surface area contributed by atoms with Crippen molar-refractivity contribution in [2.75, 3.05) is 0 Å². The van der Waals surface area contributed by atoms with Crippen LogP contribution in [0.4, 0.5) is 0 Å². The molecule has 0 radical (unpaired) electrons. The second kappa shape index (κ2) is 5.66. The fraction of sp³-hybridized carbons (Fsp3) is 0.389. The molecule has 2 rings (SSSR count). The molecule has 0 amide bonds. The monoisotopic (exact) mass is 270 g/mol. The van der Waals surface area contributed by atoms with Crippen LogP contribution in [0, 0.1) is 0 Å². The van der Waals surface area contributed by atoms with Gasteiger partial charge in [-0.05, 0) is 22.6 Å². The molecule has 2 nitrogen and oxygen atoms in total. The number of Topliss-reactive ketones (excluding diaryl/α,β-unsaturated/α-hetero) is 1. The molecule has 2 heteroatoms. The smallest absolute Gasteiger partial charge is 0.170 e. The number of carbonyl (C=O) groups excluding carboxylic acids is 1. The number of carbonyl (C=O) groups is 1. The Hall–Kier alpha value is -1.83. The standard InChI is InChI=1S/C18H22O2/c1-5-17-15(10-11-20-17)16(19)12-13-6-8-14(9-7-13)18(2,3)4/h6-11H,5,12H2,1-4H3. The molecule has 20 heavy (non-hydrogen) atoms. The summed E-state index contributed by atoms with van der Waals surface area (Å²) in [6.45, 7) is 8.55. The molecule has 1 heterocycles. The van der Waals surface area contributed by atoms with Crippen molar-refractivity contribution in [3.63, 3.8) is 0 Å². The highest BCUT2D eigenvalue weighted by Gasteiger charge is 2.15. The quantitative estimate of drug-likeness (QED) is 0.762. The molecule has 0 fully saturated rings. The summed E-state index contributed by atoms with van der Waals surface area (Å²) >= 11 is 0. The molecule has 0 N–H and O–H groups in total. The zero-order chi connectivity index (χ0) is 14.8. The Morgan fingerprint density at radius 1 is 1.10 bits per heavy atom. The molecule has 0 spiro atoms. The number of hydrogen-bond donors (Lipinski definition) is 0. The number of benzene rings is 1. The molecule has 0 saturated carbocycles. The summed E-state index contributed by atoms with van der Waals surface area (Å²) in [5.41, 5.74) is 3.19. The summed E-state index contributed by atoms with van der Waals surface area (Å²) in [6, 6.07) is 10.1. The number of ketones is 1. The third-order valence-electron chi connectivity index (χ3n) is 3.55. The van der Waals surface area contributed by atoms with Crippen molar-refractivity contribution in [3.05, 3.63) is 59.0 Å². The topological polar surface area (TPSA) is 30.2 Å². The maximum absolute atomic E-state index is 12.3. The van der Waals surface area contributed by atoms with Crippen molar-refractivity contribution >= 4 is 5.78 Å². The van der Waals surface area contributed by atoms with Gasteiger partial charge in [0.1, 0.15) is 5.76 Å². The van der Waals surface area contributed by atoms with Gasteiger partial charge in [0.2, 0.25) is 0 Å². The van der Waals surface area contributed by atoms with E-state index in [-0.39, 0.29) is 11.2 Å². The lowest BCUT2D eigenvalue weighted by atomic mass is 9.86. The maximum atomic E-state index is 12.3. The molecule has 0 bridgehead atoms. The highest BCUT2D eigenvalue weighted by atomic mass is 16.3. The van der Waals surface area contributed by atoms with Gasteiger partial charge >= 0.3 is 0 Å². The Bertz CT molecular complexity index is 583. The molecule has 0 aliphatic heterocycles. The van der Waals surface area contributed by atoms with Crippen LogP contribution < -0.4 is 0 Å². The van der Waals surface area contributed by atoms with E-state index in [1.54, 1.807) is 12.3 Å². The molecule has 106 valence electrons. The van der Waals surface area contributed by atoms with Gasteiger partial charge in [0.05, 0.1) is 11.8 Å². The van der Waals surface area contributed by atoms with Gasteiger partial charge in [-0.3, -0.25) is 4.79 Å². The van der Waals surface area contributed by atoms with E-state index in [1.807, 2.05) is 19.1 Å². The number of rotatable bonds is 4. The molecule has 0 aliphatic carbocycles. The maximum Gasteiger partial charge on any atom is 0.170 e. The van der Waals surface area contributed by atoms with Gasteiger partial charge in [-0.1, -0.05) is 52.0 Å². The Morgan fingerprint density at radius 2 is 1.75 bits per heavy atom. The van der Waals surface area contributed by atoms with E-state index >= 15 is 0 Å². The molecular formula is C18H22O2. The number of aryl methyl sites for hydroxylation is 1. The van der Waals surface area contributed by atoms with E-state index in [4.69, 9.17) is 4.42 Å². The summed E-state index contributed by atoms with van der Waals surface area (Å²) in [6.07, 6.45) is 2.77. The molecule has 1 aromatic carbocycles. The first-order valence-electron chi connectivity index (χ1n) is 7.11. The Kier molecular flexibility index (Phi) is 4.12. The summed E-state index contributed by atoms with van der Waals surface area (Å²) in [7, 11) is 0. The van der Waals surface area contributed by atoms with Gasteiger partial charge in [-0.15, -0.1) is 0 Å². The highest BCUT2D eigenvalue weighted by molar-refractivity contribution is 5.98. The second-order valence-electron chi connectivity index (χ2n) is 6.16. The van der Waals surface area contributed by atoms with Gasteiger partial charge in [0, 0.05) is 12.8 Å². The minimum atomic E-state index is 0.124. The molecule has 0 saturated heterocycles. The number of hydrogen-bond acceptors (Lipinski definition) is 2. The Labute approximate surface area is 120 Å². The van der Waals surface area contributed by atoms with Crippen molar-refractivity contribution in [2.45, 2.75) is 46.0 Å². The Morgan fingerprint density at radius 3 is 2.30 bits per heavy atom. The molecular weight excluding hydrogens is 248 g/mol. The van der Waals surface area contributed by atoms with Crippen molar-refractivity contribution < 1.29 is 9.21 Å².